The van der Waals surface area contributed by atoms with Gasteiger partial charge in [-0.1, -0.05) is 26.8 Å². The molecule has 8 heteroatoms. The second-order valence-electron chi connectivity index (χ2n) is 6.53. The number of aromatic nitrogens is 1. The highest BCUT2D eigenvalue weighted by molar-refractivity contribution is 7.14. The standard InChI is InChI=1S/C17H20N4O3S/c1-17(2,3)15(24)19-11-6-4-5-10(7-11)14(23)21-16-20-12(9-25-16)8-13(18)22/h4-7,9H,8H2,1-3H3,(H2,18,22)(H,19,24)(H,20,21,23). The summed E-state index contributed by atoms with van der Waals surface area (Å²) in [6.07, 6.45) is 0.0285. The minimum Gasteiger partial charge on any atom is -0.369 e. The van der Waals surface area contributed by atoms with Crippen molar-refractivity contribution in [1.82, 2.24) is 4.98 Å². The van der Waals surface area contributed by atoms with Crippen LogP contribution in [0.1, 0.15) is 36.8 Å². The molecule has 4 N–H and O–H groups in total. The molecular formula is C17H20N4O3S. The van der Waals surface area contributed by atoms with Crippen LogP contribution in [-0.4, -0.2) is 22.7 Å². The fourth-order valence-corrected chi connectivity index (χ4v) is 2.56. The lowest BCUT2D eigenvalue weighted by Crippen LogP contribution is -2.27. The number of hydrogen-bond acceptors (Lipinski definition) is 5. The van der Waals surface area contributed by atoms with E-state index in [-0.39, 0.29) is 18.2 Å². The van der Waals surface area contributed by atoms with Crippen molar-refractivity contribution >= 4 is 39.9 Å². The number of carbonyl (C=O) groups excluding carboxylic acids is 3. The number of thiazole rings is 1. The summed E-state index contributed by atoms with van der Waals surface area (Å²) in [6, 6.07) is 6.64. The van der Waals surface area contributed by atoms with Crippen molar-refractivity contribution in [2.75, 3.05) is 10.6 Å². The molecule has 0 radical (unpaired) electrons. The Hall–Kier alpha value is -2.74. The van der Waals surface area contributed by atoms with Gasteiger partial charge in [0.15, 0.2) is 5.13 Å². The van der Waals surface area contributed by atoms with Crippen molar-refractivity contribution in [3.05, 3.63) is 40.9 Å². The third-order valence-electron chi connectivity index (χ3n) is 3.19. The molecule has 1 aromatic carbocycles. The highest BCUT2D eigenvalue weighted by Gasteiger charge is 2.21. The molecule has 0 spiro atoms. The molecule has 0 saturated carbocycles. The van der Waals surface area contributed by atoms with E-state index in [1.54, 1.807) is 29.6 Å². The Kier molecular flexibility index (Phi) is 5.53. The number of benzene rings is 1. The summed E-state index contributed by atoms with van der Waals surface area (Å²) in [6.45, 7) is 5.43. The van der Waals surface area contributed by atoms with Gasteiger partial charge in [0.25, 0.3) is 5.91 Å². The zero-order valence-electron chi connectivity index (χ0n) is 14.3. The Morgan fingerprint density at radius 2 is 1.92 bits per heavy atom. The minimum atomic E-state index is -0.532. The third kappa shape index (κ3) is 5.39. The Morgan fingerprint density at radius 3 is 2.56 bits per heavy atom. The average molecular weight is 360 g/mol. The van der Waals surface area contributed by atoms with Crippen LogP contribution in [0.4, 0.5) is 10.8 Å². The largest absolute Gasteiger partial charge is 0.369 e. The first-order chi connectivity index (χ1) is 11.6. The van der Waals surface area contributed by atoms with Gasteiger partial charge in [0.05, 0.1) is 12.1 Å². The van der Waals surface area contributed by atoms with Gasteiger partial charge in [0.2, 0.25) is 11.8 Å². The Morgan fingerprint density at radius 1 is 1.20 bits per heavy atom. The van der Waals surface area contributed by atoms with Gasteiger partial charge >= 0.3 is 0 Å². The molecule has 0 unspecified atom stereocenters. The monoisotopic (exact) mass is 360 g/mol. The quantitative estimate of drug-likeness (QED) is 0.759. The van der Waals surface area contributed by atoms with Gasteiger partial charge in [-0.25, -0.2) is 4.98 Å². The van der Waals surface area contributed by atoms with Crippen LogP contribution in [0.15, 0.2) is 29.6 Å². The Labute approximate surface area is 149 Å². The Balaban J connectivity index is 2.07. The van der Waals surface area contributed by atoms with Gasteiger partial charge in [-0.2, -0.15) is 0 Å². The summed E-state index contributed by atoms with van der Waals surface area (Å²) in [5.41, 5.74) is 6.03. The number of primary amides is 1. The lowest BCUT2D eigenvalue weighted by molar-refractivity contribution is -0.123. The maximum atomic E-state index is 12.3. The summed E-state index contributed by atoms with van der Waals surface area (Å²) >= 11 is 1.21. The molecule has 0 aliphatic carbocycles. The molecule has 7 nitrogen and oxygen atoms in total. The fraction of sp³-hybridized carbons (Fsp3) is 0.294. The van der Waals surface area contributed by atoms with E-state index in [1.165, 1.54) is 11.3 Å². The van der Waals surface area contributed by atoms with Crippen molar-refractivity contribution in [3.63, 3.8) is 0 Å². The number of hydrogen-bond donors (Lipinski definition) is 3. The van der Waals surface area contributed by atoms with Gasteiger partial charge in [0.1, 0.15) is 0 Å². The summed E-state index contributed by atoms with van der Waals surface area (Å²) in [5.74, 6) is -0.974. The van der Waals surface area contributed by atoms with Crippen LogP contribution in [0.2, 0.25) is 0 Å². The summed E-state index contributed by atoms with van der Waals surface area (Å²) in [5, 5.41) is 7.50. The zero-order valence-corrected chi connectivity index (χ0v) is 15.1. The van der Waals surface area contributed by atoms with Crippen molar-refractivity contribution in [1.29, 1.82) is 0 Å². The number of carbonyl (C=O) groups is 3. The zero-order chi connectivity index (χ0) is 18.6. The van der Waals surface area contributed by atoms with Crippen LogP contribution in [-0.2, 0) is 16.0 Å². The van der Waals surface area contributed by atoms with Gasteiger partial charge in [-0.3, -0.25) is 19.7 Å². The van der Waals surface area contributed by atoms with E-state index in [0.29, 0.717) is 22.1 Å². The second-order valence-corrected chi connectivity index (χ2v) is 7.38. The third-order valence-corrected chi connectivity index (χ3v) is 4.00. The van der Waals surface area contributed by atoms with Gasteiger partial charge in [0, 0.05) is 22.0 Å². The number of nitrogens with zero attached hydrogens (tertiary/aromatic N) is 1. The van der Waals surface area contributed by atoms with Crippen LogP contribution >= 0.6 is 11.3 Å². The van der Waals surface area contributed by atoms with E-state index >= 15 is 0 Å². The molecular weight excluding hydrogens is 340 g/mol. The first-order valence-electron chi connectivity index (χ1n) is 7.61. The average Bonchev–Trinajstić information content (AvgIpc) is 2.92. The molecule has 1 heterocycles. The molecule has 132 valence electrons. The van der Waals surface area contributed by atoms with E-state index in [4.69, 9.17) is 5.73 Å². The van der Waals surface area contributed by atoms with E-state index in [9.17, 15) is 14.4 Å². The molecule has 0 bridgehead atoms. The smallest absolute Gasteiger partial charge is 0.257 e. The molecule has 0 saturated heterocycles. The molecule has 3 amide bonds. The van der Waals surface area contributed by atoms with E-state index in [0.717, 1.165) is 0 Å². The van der Waals surface area contributed by atoms with Crippen LogP contribution < -0.4 is 16.4 Å². The van der Waals surface area contributed by atoms with Crippen molar-refractivity contribution in [2.45, 2.75) is 27.2 Å². The minimum absolute atomic E-state index is 0.0285. The van der Waals surface area contributed by atoms with Gasteiger partial charge in [-0.05, 0) is 18.2 Å². The molecule has 0 aliphatic rings. The fourth-order valence-electron chi connectivity index (χ4n) is 1.85. The van der Waals surface area contributed by atoms with Crippen LogP contribution in [0.5, 0.6) is 0 Å². The first kappa shape index (κ1) is 18.6. The maximum Gasteiger partial charge on any atom is 0.257 e. The van der Waals surface area contributed by atoms with E-state index < -0.39 is 11.3 Å². The normalized spacial score (nSPS) is 11.0. The van der Waals surface area contributed by atoms with E-state index in [2.05, 4.69) is 15.6 Å². The molecule has 2 aromatic rings. The van der Waals surface area contributed by atoms with Crippen molar-refractivity contribution in [2.24, 2.45) is 11.1 Å². The molecule has 2 rings (SSSR count). The number of nitrogens with two attached hydrogens (primary N) is 1. The van der Waals surface area contributed by atoms with Crippen LogP contribution in [0, 0.1) is 5.41 Å². The predicted molar refractivity (Wildman–Crippen MR) is 97.5 cm³/mol. The van der Waals surface area contributed by atoms with Crippen LogP contribution in [0.25, 0.3) is 0 Å². The topological polar surface area (TPSA) is 114 Å². The maximum absolute atomic E-state index is 12.3. The van der Waals surface area contributed by atoms with Crippen molar-refractivity contribution in [3.8, 4) is 0 Å². The molecule has 25 heavy (non-hydrogen) atoms. The Bertz CT molecular complexity index is 808. The van der Waals surface area contributed by atoms with Crippen molar-refractivity contribution < 1.29 is 14.4 Å². The lowest BCUT2D eigenvalue weighted by atomic mass is 9.95. The summed E-state index contributed by atoms with van der Waals surface area (Å²) in [4.78, 5) is 39.4. The highest BCUT2D eigenvalue weighted by Crippen LogP contribution is 2.20. The molecule has 0 fully saturated rings. The first-order valence-corrected chi connectivity index (χ1v) is 8.48. The SMILES string of the molecule is CC(C)(C)C(=O)Nc1cccc(C(=O)Nc2nc(CC(N)=O)cs2)c1. The second kappa shape index (κ2) is 7.43. The van der Waals surface area contributed by atoms with E-state index in [1.807, 2.05) is 20.8 Å². The lowest BCUT2D eigenvalue weighted by Gasteiger charge is -2.17. The number of nitrogens with one attached hydrogen (secondary N) is 2. The molecule has 0 aliphatic heterocycles. The molecule has 0 atom stereocenters. The highest BCUT2D eigenvalue weighted by atomic mass is 32.1. The number of anilines is 2. The number of amides is 3. The molecule has 1 aromatic heterocycles. The predicted octanol–water partition coefficient (Wildman–Crippen LogP) is 2.41. The number of rotatable bonds is 5. The van der Waals surface area contributed by atoms with Crippen LogP contribution in [0.3, 0.4) is 0 Å². The van der Waals surface area contributed by atoms with Gasteiger partial charge < -0.3 is 11.1 Å². The summed E-state index contributed by atoms with van der Waals surface area (Å²) in [7, 11) is 0. The summed E-state index contributed by atoms with van der Waals surface area (Å²) < 4.78 is 0. The van der Waals surface area contributed by atoms with Gasteiger partial charge in [-0.15, -0.1) is 11.3 Å².